The molecule has 0 aliphatic carbocycles. The molecule has 3 rings (SSSR count). The van der Waals surface area contributed by atoms with Crippen molar-refractivity contribution in [2.24, 2.45) is 0 Å². The molecule has 5 nitrogen and oxygen atoms in total. The topological polar surface area (TPSA) is 44.8 Å². The molecule has 1 amide bonds. The lowest BCUT2D eigenvalue weighted by atomic mass is 10.2. The van der Waals surface area contributed by atoms with E-state index in [2.05, 4.69) is 27.2 Å². The van der Waals surface area contributed by atoms with Crippen LogP contribution in [0, 0.1) is 5.82 Å². The number of carbonyl (C=O) groups is 1. The molecule has 1 fully saturated rings. The highest BCUT2D eigenvalue weighted by atomic mass is 19.1. The van der Waals surface area contributed by atoms with Gasteiger partial charge < -0.3 is 15.0 Å². The van der Waals surface area contributed by atoms with Gasteiger partial charge in [0, 0.05) is 37.6 Å². The normalized spacial score (nSPS) is 16.2. The largest absolute Gasteiger partial charge is 0.497 e. The van der Waals surface area contributed by atoms with Crippen molar-refractivity contribution in [1.29, 1.82) is 0 Å². The van der Waals surface area contributed by atoms with Crippen molar-refractivity contribution in [2.45, 2.75) is 13.0 Å². The Balaban J connectivity index is 1.54. The first kappa shape index (κ1) is 18.2. The number of ether oxygens (including phenoxy) is 1. The van der Waals surface area contributed by atoms with Gasteiger partial charge in [-0.15, -0.1) is 0 Å². The Bertz CT molecular complexity index is 743. The second kappa shape index (κ2) is 8.19. The standard InChI is InChI=1S/C20H24FN3O2/c1-15(20(25)22-17-5-3-4-16(21)14-17)23-10-12-24(13-11-23)18-6-8-19(26-2)9-7-18/h3-9,14-15H,10-13H2,1-2H3,(H,22,25)/t15-/m1/s1. The van der Waals surface area contributed by atoms with E-state index in [4.69, 9.17) is 4.74 Å². The van der Waals surface area contributed by atoms with Gasteiger partial charge in [-0.3, -0.25) is 9.69 Å². The summed E-state index contributed by atoms with van der Waals surface area (Å²) in [7, 11) is 1.66. The first-order valence-electron chi connectivity index (χ1n) is 8.76. The number of nitrogens with zero attached hydrogens (tertiary/aromatic N) is 2. The maximum absolute atomic E-state index is 13.3. The first-order valence-corrected chi connectivity index (χ1v) is 8.76. The SMILES string of the molecule is COc1ccc(N2CCN([C@H](C)C(=O)Nc3cccc(F)c3)CC2)cc1. The molecule has 1 aliphatic rings. The van der Waals surface area contributed by atoms with Gasteiger partial charge in [-0.2, -0.15) is 0 Å². The Morgan fingerprint density at radius 3 is 2.42 bits per heavy atom. The second-order valence-electron chi connectivity index (χ2n) is 6.40. The van der Waals surface area contributed by atoms with Gasteiger partial charge in [0.15, 0.2) is 0 Å². The molecule has 1 N–H and O–H groups in total. The van der Waals surface area contributed by atoms with Crippen LogP contribution in [0.2, 0.25) is 0 Å². The summed E-state index contributed by atoms with van der Waals surface area (Å²) in [4.78, 5) is 16.9. The number of rotatable bonds is 5. The van der Waals surface area contributed by atoms with E-state index in [-0.39, 0.29) is 17.8 Å². The number of halogens is 1. The monoisotopic (exact) mass is 357 g/mol. The third-order valence-electron chi connectivity index (χ3n) is 4.77. The van der Waals surface area contributed by atoms with Gasteiger partial charge in [0.25, 0.3) is 0 Å². The first-order chi connectivity index (χ1) is 12.6. The number of piperazine rings is 1. The van der Waals surface area contributed by atoms with Crippen LogP contribution >= 0.6 is 0 Å². The zero-order valence-corrected chi connectivity index (χ0v) is 15.1. The molecular weight excluding hydrogens is 333 g/mol. The molecule has 0 saturated carbocycles. The Kier molecular flexibility index (Phi) is 5.73. The van der Waals surface area contributed by atoms with Gasteiger partial charge in [0.05, 0.1) is 13.2 Å². The van der Waals surface area contributed by atoms with Crippen LogP contribution in [0.1, 0.15) is 6.92 Å². The van der Waals surface area contributed by atoms with Crippen molar-refractivity contribution < 1.29 is 13.9 Å². The van der Waals surface area contributed by atoms with E-state index in [9.17, 15) is 9.18 Å². The molecule has 1 heterocycles. The van der Waals surface area contributed by atoms with E-state index in [1.54, 1.807) is 19.2 Å². The number of methoxy groups -OCH3 is 1. The van der Waals surface area contributed by atoms with E-state index in [1.807, 2.05) is 19.1 Å². The summed E-state index contributed by atoms with van der Waals surface area (Å²) in [5, 5.41) is 2.79. The fraction of sp³-hybridized carbons (Fsp3) is 0.350. The van der Waals surface area contributed by atoms with Crippen molar-refractivity contribution in [3.05, 3.63) is 54.3 Å². The second-order valence-corrected chi connectivity index (χ2v) is 6.40. The van der Waals surface area contributed by atoms with Gasteiger partial charge >= 0.3 is 0 Å². The molecule has 0 bridgehead atoms. The van der Waals surface area contributed by atoms with Gasteiger partial charge in [0.1, 0.15) is 11.6 Å². The lowest BCUT2D eigenvalue weighted by Crippen LogP contribution is -2.52. The number of anilines is 2. The van der Waals surface area contributed by atoms with Crippen LogP contribution in [0.25, 0.3) is 0 Å². The van der Waals surface area contributed by atoms with Crippen LogP contribution in [-0.2, 0) is 4.79 Å². The molecule has 1 saturated heterocycles. The number of hydrogen-bond acceptors (Lipinski definition) is 4. The Labute approximate surface area is 153 Å². The minimum Gasteiger partial charge on any atom is -0.497 e. The van der Waals surface area contributed by atoms with E-state index >= 15 is 0 Å². The van der Waals surface area contributed by atoms with Crippen molar-refractivity contribution in [3.63, 3.8) is 0 Å². The van der Waals surface area contributed by atoms with E-state index in [0.717, 1.165) is 37.6 Å². The molecule has 2 aromatic rings. The van der Waals surface area contributed by atoms with Crippen molar-refractivity contribution in [1.82, 2.24) is 4.90 Å². The van der Waals surface area contributed by atoms with Crippen LogP contribution in [0.5, 0.6) is 5.75 Å². The lowest BCUT2D eigenvalue weighted by molar-refractivity contribution is -0.120. The molecule has 0 unspecified atom stereocenters. The highest BCUT2D eigenvalue weighted by Gasteiger charge is 2.25. The molecule has 2 aromatic carbocycles. The van der Waals surface area contributed by atoms with E-state index in [1.165, 1.54) is 12.1 Å². The average Bonchev–Trinajstić information content (AvgIpc) is 2.67. The highest BCUT2D eigenvalue weighted by Crippen LogP contribution is 2.21. The molecule has 0 aromatic heterocycles. The summed E-state index contributed by atoms with van der Waals surface area (Å²) < 4.78 is 18.4. The smallest absolute Gasteiger partial charge is 0.241 e. The fourth-order valence-corrected chi connectivity index (χ4v) is 3.14. The van der Waals surface area contributed by atoms with Crippen LogP contribution in [0.4, 0.5) is 15.8 Å². The molecular formula is C20H24FN3O2. The number of amides is 1. The summed E-state index contributed by atoms with van der Waals surface area (Å²) in [6, 6.07) is 13.7. The third kappa shape index (κ3) is 4.32. The van der Waals surface area contributed by atoms with Crippen LogP contribution < -0.4 is 15.0 Å². The molecule has 0 radical (unpaired) electrons. The van der Waals surface area contributed by atoms with Crippen molar-refractivity contribution in [3.8, 4) is 5.75 Å². The minimum absolute atomic E-state index is 0.117. The predicted octanol–water partition coefficient (Wildman–Crippen LogP) is 2.98. The zero-order chi connectivity index (χ0) is 18.5. The van der Waals surface area contributed by atoms with Gasteiger partial charge in [0.2, 0.25) is 5.91 Å². The lowest BCUT2D eigenvalue weighted by Gasteiger charge is -2.38. The molecule has 138 valence electrons. The number of nitrogens with one attached hydrogen (secondary N) is 1. The molecule has 26 heavy (non-hydrogen) atoms. The summed E-state index contributed by atoms with van der Waals surface area (Å²) in [5.74, 6) is 0.368. The maximum atomic E-state index is 13.3. The van der Waals surface area contributed by atoms with Crippen molar-refractivity contribution >= 4 is 17.3 Å². The predicted molar refractivity (Wildman–Crippen MR) is 101 cm³/mol. The Morgan fingerprint density at radius 2 is 1.81 bits per heavy atom. The summed E-state index contributed by atoms with van der Waals surface area (Å²) in [6.07, 6.45) is 0. The van der Waals surface area contributed by atoms with Gasteiger partial charge in [-0.25, -0.2) is 4.39 Å². The average molecular weight is 357 g/mol. The number of hydrogen-bond donors (Lipinski definition) is 1. The minimum atomic E-state index is -0.358. The van der Waals surface area contributed by atoms with Crippen LogP contribution in [0.15, 0.2) is 48.5 Å². The summed E-state index contributed by atoms with van der Waals surface area (Å²) in [6.45, 7) is 5.18. The van der Waals surface area contributed by atoms with Crippen LogP contribution in [0.3, 0.4) is 0 Å². The Hall–Kier alpha value is -2.60. The molecule has 6 heteroatoms. The van der Waals surface area contributed by atoms with Gasteiger partial charge in [-0.05, 0) is 49.4 Å². The van der Waals surface area contributed by atoms with E-state index < -0.39 is 0 Å². The van der Waals surface area contributed by atoms with Gasteiger partial charge in [-0.1, -0.05) is 6.07 Å². The zero-order valence-electron chi connectivity index (χ0n) is 15.1. The molecule has 1 atom stereocenters. The molecule has 0 spiro atoms. The van der Waals surface area contributed by atoms with Crippen molar-refractivity contribution in [2.75, 3.05) is 43.5 Å². The third-order valence-corrected chi connectivity index (χ3v) is 4.77. The highest BCUT2D eigenvalue weighted by molar-refractivity contribution is 5.94. The number of benzene rings is 2. The quantitative estimate of drug-likeness (QED) is 0.894. The molecule has 1 aliphatic heterocycles. The number of carbonyl (C=O) groups excluding carboxylic acids is 1. The van der Waals surface area contributed by atoms with Crippen LogP contribution in [-0.4, -0.2) is 50.1 Å². The maximum Gasteiger partial charge on any atom is 0.241 e. The summed E-state index contributed by atoms with van der Waals surface area (Å²) in [5.41, 5.74) is 1.64. The van der Waals surface area contributed by atoms with E-state index in [0.29, 0.717) is 5.69 Å². The fourth-order valence-electron chi connectivity index (χ4n) is 3.14. The Morgan fingerprint density at radius 1 is 1.12 bits per heavy atom. The summed E-state index contributed by atoms with van der Waals surface area (Å²) >= 11 is 0.